The summed E-state index contributed by atoms with van der Waals surface area (Å²) in [5, 5.41) is 51.4. The fraction of sp³-hybridized carbons (Fsp3) is 0.952. The standard InChI is InChI=1S/C42H78N2O12/c1-16-18-52-43-33-23(3)21-41(10,51-15)38(56-39-34(46)30(44(12)13)19-24(4)53-39)27(7)35(55-32-22-40(9,50-14)37(48)28(8)54-32)25(5)31(45)20-29(17-2)42(11,49)36(47)26(33)6/h23-30,32,34-39,46-49H,16-22H2,1-15H3/b43-33+/t23-,24-,25+,26+,27+,28+,29+,30+,32+,34-,35-,36-,37+,38-,39+,40-,41-,42-/m1/s1. The van der Waals surface area contributed by atoms with Gasteiger partial charge in [-0.15, -0.1) is 0 Å². The van der Waals surface area contributed by atoms with Crippen molar-refractivity contribution in [3.63, 3.8) is 0 Å². The maximum atomic E-state index is 14.6. The predicted molar refractivity (Wildman–Crippen MR) is 213 cm³/mol. The lowest BCUT2D eigenvalue weighted by Gasteiger charge is -2.50. The third-order valence-electron chi connectivity index (χ3n) is 13.4. The molecule has 2 saturated heterocycles. The molecule has 0 amide bonds. The van der Waals surface area contributed by atoms with E-state index in [1.165, 1.54) is 7.11 Å². The SMILES string of the molecule is CCCO/N=C1\[C@H](C)C[C@@](C)(OC)[C@H](O[C@@H]2O[C@H](C)C[C@H](N(C)C)[C@H]2O)[C@@H](C)[C@H](O[C@H]2C[C@@](C)(OC)[C@@H](O)[C@H](C)O2)[C@@H](C)C(=O)C[C@H](CC)[C@@](C)(O)[C@H](O)[C@H]1C. The molecule has 18 atom stereocenters. The fourth-order valence-electron chi connectivity index (χ4n) is 9.41. The van der Waals surface area contributed by atoms with Gasteiger partial charge in [-0.1, -0.05) is 53.1 Å². The van der Waals surface area contributed by atoms with Gasteiger partial charge < -0.3 is 58.6 Å². The molecule has 2 heterocycles. The van der Waals surface area contributed by atoms with Crippen molar-refractivity contribution in [2.75, 3.05) is 34.9 Å². The van der Waals surface area contributed by atoms with E-state index in [4.69, 9.17) is 33.3 Å². The Morgan fingerprint density at radius 3 is 2.05 bits per heavy atom. The number of methoxy groups -OCH3 is 2. The highest BCUT2D eigenvalue weighted by Crippen LogP contribution is 2.43. The summed E-state index contributed by atoms with van der Waals surface area (Å²) >= 11 is 0. The number of hydrogen-bond donors (Lipinski definition) is 4. The van der Waals surface area contributed by atoms with Gasteiger partial charge in [-0.05, 0) is 73.9 Å². The number of Topliss-reactive ketones (excluding diaryl/α,β-unsaturated/α-hetero) is 1. The van der Waals surface area contributed by atoms with Gasteiger partial charge in [-0.3, -0.25) is 4.79 Å². The monoisotopic (exact) mass is 803 g/mol. The van der Waals surface area contributed by atoms with Crippen molar-refractivity contribution < 1.29 is 58.5 Å². The van der Waals surface area contributed by atoms with E-state index >= 15 is 0 Å². The Hall–Kier alpha value is -1.30. The normalized spacial score (nSPS) is 47.2. The van der Waals surface area contributed by atoms with Crippen molar-refractivity contribution in [1.29, 1.82) is 0 Å². The molecule has 2 aliphatic heterocycles. The van der Waals surface area contributed by atoms with E-state index in [0.29, 0.717) is 31.6 Å². The lowest BCUT2D eigenvalue weighted by molar-refractivity contribution is -0.318. The number of ether oxygens (including phenoxy) is 6. The van der Waals surface area contributed by atoms with Crippen LogP contribution in [0, 0.1) is 29.6 Å². The highest BCUT2D eigenvalue weighted by molar-refractivity contribution is 5.89. The van der Waals surface area contributed by atoms with E-state index in [1.54, 1.807) is 21.0 Å². The summed E-state index contributed by atoms with van der Waals surface area (Å²) in [6.45, 7) is 20.8. The van der Waals surface area contributed by atoms with Gasteiger partial charge in [0.25, 0.3) is 0 Å². The Morgan fingerprint density at radius 2 is 1.50 bits per heavy atom. The molecule has 0 spiro atoms. The first-order chi connectivity index (χ1) is 26.0. The van der Waals surface area contributed by atoms with Crippen molar-refractivity contribution in [3.05, 3.63) is 0 Å². The minimum Gasteiger partial charge on any atom is -0.396 e. The number of carbonyl (C=O) groups excluding carboxylic acids is 1. The number of aliphatic hydroxyl groups is 4. The molecule has 0 aromatic rings. The molecular weight excluding hydrogens is 724 g/mol. The van der Waals surface area contributed by atoms with Crippen molar-refractivity contribution in [3.8, 4) is 0 Å². The molecule has 0 radical (unpaired) electrons. The van der Waals surface area contributed by atoms with Gasteiger partial charge in [-0.25, -0.2) is 0 Å². The number of rotatable bonds is 11. The Kier molecular flexibility index (Phi) is 17.8. The van der Waals surface area contributed by atoms with Gasteiger partial charge >= 0.3 is 0 Å². The van der Waals surface area contributed by atoms with Crippen LogP contribution in [0.15, 0.2) is 5.16 Å². The Bertz CT molecular complexity index is 1270. The average molecular weight is 803 g/mol. The molecular formula is C42H78N2O12. The molecule has 4 N–H and O–H groups in total. The molecule has 1 saturated carbocycles. The van der Waals surface area contributed by atoms with Crippen LogP contribution in [-0.4, -0.2) is 150 Å². The van der Waals surface area contributed by atoms with Crippen LogP contribution in [-0.2, 0) is 38.1 Å². The van der Waals surface area contributed by atoms with Gasteiger partial charge in [0.1, 0.15) is 24.6 Å². The number of hydrogen-bond acceptors (Lipinski definition) is 14. The second-order valence-corrected chi connectivity index (χ2v) is 18.0. The van der Waals surface area contributed by atoms with Gasteiger partial charge in [-0.2, -0.15) is 0 Å². The van der Waals surface area contributed by atoms with E-state index in [0.717, 1.165) is 6.42 Å². The summed E-state index contributed by atoms with van der Waals surface area (Å²) in [7, 11) is 6.97. The van der Waals surface area contributed by atoms with Crippen LogP contribution in [0.1, 0.15) is 115 Å². The lowest BCUT2D eigenvalue weighted by Crippen LogP contribution is -2.61. The number of ketones is 1. The largest absolute Gasteiger partial charge is 0.396 e. The van der Waals surface area contributed by atoms with E-state index in [-0.39, 0.29) is 36.7 Å². The zero-order chi connectivity index (χ0) is 42.5. The van der Waals surface area contributed by atoms with Gasteiger partial charge in [0.2, 0.25) is 0 Å². The van der Waals surface area contributed by atoms with Crippen LogP contribution >= 0.6 is 0 Å². The van der Waals surface area contributed by atoms with E-state index < -0.39 is 89.7 Å². The zero-order valence-electron chi connectivity index (χ0n) is 37.1. The summed E-state index contributed by atoms with van der Waals surface area (Å²) < 4.78 is 38.7. The molecule has 0 bridgehead atoms. The number of nitrogens with zero attached hydrogens (tertiary/aromatic N) is 2. The second kappa shape index (κ2) is 20.3. The lowest BCUT2D eigenvalue weighted by atomic mass is 9.69. The topological polar surface area (TPSA) is 178 Å². The first-order valence-corrected chi connectivity index (χ1v) is 20.9. The molecule has 328 valence electrons. The molecule has 1 aliphatic carbocycles. The number of oxime groups is 1. The third kappa shape index (κ3) is 10.9. The van der Waals surface area contributed by atoms with Crippen LogP contribution in [0.3, 0.4) is 0 Å². The molecule has 14 heteroatoms. The van der Waals surface area contributed by atoms with Crippen LogP contribution in [0.5, 0.6) is 0 Å². The first kappa shape index (κ1) is 49.1. The minimum atomic E-state index is -1.66. The maximum absolute atomic E-state index is 14.6. The van der Waals surface area contributed by atoms with E-state index in [1.807, 2.05) is 81.3 Å². The molecule has 3 aliphatic rings. The number of aliphatic hydroxyl groups excluding tert-OH is 3. The molecule has 0 aromatic heterocycles. The van der Waals surface area contributed by atoms with Gasteiger partial charge in [0, 0.05) is 56.8 Å². The number of carbonyl (C=O) groups is 1. The van der Waals surface area contributed by atoms with Crippen molar-refractivity contribution in [2.24, 2.45) is 34.7 Å². The van der Waals surface area contributed by atoms with Crippen LogP contribution in [0.2, 0.25) is 0 Å². The molecule has 56 heavy (non-hydrogen) atoms. The summed E-state index contributed by atoms with van der Waals surface area (Å²) in [5.74, 6) is -3.16. The first-order valence-electron chi connectivity index (χ1n) is 20.9. The van der Waals surface area contributed by atoms with Gasteiger partial charge in [0.05, 0.1) is 53.0 Å². The quantitative estimate of drug-likeness (QED) is 0.172. The fourth-order valence-corrected chi connectivity index (χ4v) is 9.41. The Balaban J connectivity index is 2.28. The molecule has 3 fully saturated rings. The second-order valence-electron chi connectivity index (χ2n) is 18.0. The molecule has 0 unspecified atom stereocenters. The van der Waals surface area contributed by atoms with Crippen LogP contribution in [0.4, 0.5) is 0 Å². The summed E-state index contributed by atoms with van der Waals surface area (Å²) in [6, 6.07) is -0.247. The molecule has 3 rings (SSSR count). The maximum Gasteiger partial charge on any atom is 0.185 e. The van der Waals surface area contributed by atoms with E-state index in [2.05, 4.69) is 5.16 Å². The highest BCUT2D eigenvalue weighted by atomic mass is 16.7. The van der Waals surface area contributed by atoms with Crippen molar-refractivity contribution in [1.82, 2.24) is 4.90 Å². The van der Waals surface area contributed by atoms with Crippen molar-refractivity contribution in [2.45, 2.75) is 193 Å². The van der Waals surface area contributed by atoms with Crippen LogP contribution < -0.4 is 0 Å². The van der Waals surface area contributed by atoms with E-state index in [9.17, 15) is 25.2 Å². The molecule has 14 nitrogen and oxygen atoms in total. The summed E-state index contributed by atoms with van der Waals surface area (Å²) in [6.07, 6.45) is -5.50. The average Bonchev–Trinajstić information content (AvgIpc) is 3.14. The van der Waals surface area contributed by atoms with Crippen molar-refractivity contribution >= 4 is 11.5 Å². The summed E-state index contributed by atoms with van der Waals surface area (Å²) in [4.78, 5) is 22.3. The Morgan fingerprint density at radius 1 is 0.875 bits per heavy atom. The predicted octanol–water partition coefficient (Wildman–Crippen LogP) is 4.32. The molecule has 0 aromatic carbocycles. The summed E-state index contributed by atoms with van der Waals surface area (Å²) in [5.41, 5.74) is -3.24. The Labute approximate surface area is 336 Å². The minimum absolute atomic E-state index is 0.0363. The number of likely N-dealkylation sites (N-methyl/N-ethyl adjacent to an activating group) is 1. The van der Waals surface area contributed by atoms with Crippen LogP contribution in [0.25, 0.3) is 0 Å². The highest BCUT2D eigenvalue weighted by Gasteiger charge is 2.53. The zero-order valence-corrected chi connectivity index (χ0v) is 37.1. The third-order valence-corrected chi connectivity index (χ3v) is 13.4. The smallest absolute Gasteiger partial charge is 0.185 e. The van der Waals surface area contributed by atoms with Gasteiger partial charge in [0.15, 0.2) is 12.6 Å².